The van der Waals surface area contributed by atoms with Gasteiger partial charge in [-0.2, -0.15) is 5.26 Å². The molecule has 0 saturated carbocycles. The van der Waals surface area contributed by atoms with Crippen molar-refractivity contribution in [1.82, 2.24) is 10.2 Å². The first-order valence-corrected chi connectivity index (χ1v) is 5.07. The van der Waals surface area contributed by atoms with Crippen LogP contribution < -0.4 is 5.32 Å². The van der Waals surface area contributed by atoms with Crippen LogP contribution in [0.3, 0.4) is 0 Å². The van der Waals surface area contributed by atoms with E-state index >= 15 is 0 Å². The number of likely N-dealkylation sites (tertiary alicyclic amines) is 1. The molecule has 0 bridgehead atoms. The first-order chi connectivity index (χ1) is 6.67. The highest BCUT2D eigenvalue weighted by molar-refractivity contribution is 5.76. The molecule has 1 aliphatic heterocycles. The molecule has 2 unspecified atom stereocenters. The predicted octanol–water partition coefficient (Wildman–Crippen LogP) is 0.499. The topological polar surface area (TPSA) is 56.1 Å². The number of nitrogens with one attached hydrogen (secondary N) is 1. The van der Waals surface area contributed by atoms with E-state index in [1.165, 1.54) is 0 Å². The van der Waals surface area contributed by atoms with Crippen LogP contribution in [0.4, 0.5) is 0 Å². The molecule has 14 heavy (non-hydrogen) atoms. The highest BCUT2D eigenvalue weighted by atomic mass is 16.2. The van der Waals surface area contributed by atoms with Gasteiger partial charge in [0.05, 0.1) is 12.1 Å². The summed E-state index contributed by atoms with van der Waals surface area (Å²) in [6, 6.07) is 2.41. The molecule has 1 fully saturated rings. The lowest BCUT2D eigenvalue weighted by molar-refractivity contribution is -0.132. The lowest BCUT2D eigenvalue weighted by Gasteiger charge is -2.31. The lowest BCUT2D eigenvalue weighted by atomic mass is 10.0. The number of carbonyl (C=O) groups is 1. The van der Waals surface area contributed by atoms with Crippen LogP contribution >= 0.6 is 0 Å². The number of hydrogen-bond donors (Lipinski definition) is 1. The Balaban J connectivity index is 2.40. The summed E-state index contributed by atoms with van der Waals surface area (Å²) in [4.78, 5) is 12.9. The summed E-state index contributed by atoms with van der Waals surface area (Å²) < 4.78 is 0. The maximum atomic E-state index is 11.2. The molecule has 1 heterocycles. The van der Waals surface area contributed by atoms with Crippen LogP contribution in [0, 0.1) is 11.3 Å². The third-order valence-electron chi connectivity index (χ3n) is 2.63. The van der Waals surface area contributed by atoms with Crippen molar-refractivity contribution in [1.29, 1.82) is 5.26 Å². The molecule has 4 nitrogen and oxygen atoms in total. The van der Waals surface area contributed by atoms with Crippen molar-refractivity contribution in [3.8, 4) is 6.07 Å². The van der Waals surface area contributed by atoms with Crippen LogP contribution in [-0.4, -0.2) is 36.5 Å². The molecule has 4 heteroatoms. The van der Waals surface area contributed by atoms with E-state index in [0.29, 0.717) is 6.42 Å². The van der Waals surface area contributed by atoms with Gasteiger partial charge < -0.3 is 4.90 Å². The van der Waals surface area contributed by atoms with Crippen molar-refractivity contribution in [3.05, 3.63) is 0 Å². The number of rotatable bonds is 3. The van der Waals surface area contributed by atoms with Gasteiger partial charge in [0.1, 0.15) is 0 Å². The Kier molecular flexibility index (Phi) is 3.90. The Hall–Kier alpha value is -1.08. The number of hydrogen-bond acceptors (Lipinski definition) is 3. The van der Waals surface area contributed by atoms with Gasteiger partial charge in [-0.3, -0.25) is 10.1 Å². The minimum absolute atomic E-state index is 0.0818. The molecule has 2 atom stereocenters. The Morgan fingerprint density at radius 2 is 2.50 bits per heavy atom. The molecule has 1 aliphatic rings. The van der Waals surface area contributed by atoms with Gasteiger partial charge in [0.2, 0.25) is 5.91 Å². The van der Waals surface area contributed by atoms with Gasteiger partial charge in [-0.25, -0.2) is 0 Å². The van der Waals surface area contributed by atoms with E-state index in [1.54, 1.807) is 4.90 Å². The number of piperidine rings is 1. The van der Waals surface area contributed by atoms with Crippen LogP contribution in [0.5, 0.6) is 0 Å². The molecule has 1 saturated heterocycles. The SMILES string of the molecule is CCC(C#N)NC1CCC(=O)N(C)C1. The van der Waals surface area contributed by atoms with Crippen LogP contribution in [0.2, 0.25) is 0 Å². The second-order valence-electron chi connectivity index (χ2n) is 3.77. The fourth-order valence-electron chi connectivity index (χ4n) is 1.68. The highest BCUT2D eigenvalue weighted by Crippen LogP contribution is 2.10. The van der Waals surface area contributed by atoms with E-state index in [2.05, 4.69) is 11.4 Å². The third-order valence-corrected chi connectivity index (χ3v) is 2.63. The van der Waals surface area contributed by atoms with E-state index in [1.807, 2.05) is 14.0 Å². The molecule has 0 radical (unpaired) electrons. The van der Waals surface area contributed by atoms with E-state index < -0.39 is 0 Å². The molecule has 1 N–H and O–H groups in total. The number of nitriles is 1. The molecule has 1 amide bonds. The number of amides is 1. The molecule has 0 aromatic heterocycles. The summed E-state index contributed by atoms with van der Waals surface area (Å²) in [6.45, 7) is 2.70. The van der Waals surface area contributed by atoms with Gasteiger partial charge in [0, 0.05) is 26.1 Å². The molecular weight excluding hydrogens is 178 g/mol. The van der Waals surface area contributed by atoms with E-state index in [-0.39, 0.29) is 18.0 Å². The van der Waals surface area contributed by atoms with Gasteiger partial charge in [-0.15, -0.1) is 0 Å². The zero-order valence-corrected chi connectivity index (χ0v) is 8.79. The summed E-state index contributed by atoms with van der Waals surface area (Å²) in [5.74, 6) is 0.202. The monoisotopic (exact) mass is 195 g/mol. The summed E-state index contributed by atoms with van der Waals surface area (Å²) >= 11 is 0. The molecule has 1 rings (SSSR count). The second-order valence-corrected chi connectivity index (χ2v) is 3.77. The van der Waals surface area contributed by atoms with E-state index in [4.69, 9.17) is 5.26 Å². The number of likely N-dealkylation sites (N-methyl/N-ethyl adjacent to an activating group) is 1. The zero-order chi connectivity index (χ0) is 10.6. The molecule has 0 aliphatic carbocycles. The van der Waals surface area contributed by atoms with Crippen molar-refractivity contribution in [2.24, 2.45) is 0 Å². The maximum absolute atomic E-state index is 11.2. The van der Waals surface area contributed by atoms with Gasteiger partial charge in [-0.1, -0.05) is 6.92 Å². The van der Waals surface area contributed by atoms with Crippen molar-refractivity contribution in [3.63, 3.8) is 0 Å². The Morgan fingerprint density at radius 3 is 3.00 bits per heavy atom. The molecule has 0 spiro atoms. The zero-order valence-electron chi connectivity index (χ0n) is 8.79. The quantitative estimate of drug-likeness (QED) is 0.713. The lowest BCUT2D eigenvalue weighted by Crippen LogP contribution is -2.49. The van der Waals surface area contributed by atoms with Gasteiger partial charge in [0.25, 0.3) is 0 Å². The first kappa shape index (κ1) is 11.0. The third kappa shape index (κ3) is 2.71. The highest BCUT2D eigenvalue weighted by Gasteiger charge is 2.23. The molecule has 0 aromatic carbocycles. The van der Waals surface area contributed by atoms with Crippen LogP contribution in [0.1, 0.15) is 26.2 Å². The fourth-order valence-corrected chi connectivity index (χ4v) is 1.68. The van der Waals surface area contributed by atoms with E-state index in [0.717, 1.165) is 19.4 Å². The maximum Gasteiger partial charge on any atom is 0.222 e. The van der Waals surface area contributed by atoms with E-state index in [9.17, 15) is 4.79 Å². The molecule has 78 valence electrons. The Morgan fingerprint density at radius 1 is 1.79 bits per heavy atom. The average Bonchev–Trinajstić information content (AvgIpc) is 2.19. The van der Waals surface area contributed by atoms with Crippen molar-refractivity contribution in [2.45, 2.75) is 38.3 Å². The summed E-state index contributed by atoms with van der Waals surface area (Å²) in [5, 5.41) is 12.0. The van der Waals surface area contributed by atoms with Crippen molar-refractivity contribution >= 4 is 5.91 Å². The number of nitrogens with zero attached hydrogens (tertiary/aromatic N) is 2. The Labute approximate surface area is 84.9 Å². The normalized spacial score (nSPS) is 24.5. The second kappa shape index (κ2) is 4.97. The molecule has 0 aromatic rings. The smallest absolute Gasteiger partial charge is 0.222 e. The fraction of sp³-hybridized carbons (Fsp3) is 0.800. The first-order valence-electron chi connectivity index (χ1n) is 5.07. The average molecular weight is 195 g/mol. The molecular formula is C10H17N3O. The van der Waals surface area contributed by atoms with Crippen LogP contribution in [0.25, 0.3) is 0 Å². The summed E-state index contributed by atoms with van der Waals surface area (Å²) in [7, 11) is 1.81. The standard InChI is InChI=1S/C10H17N3O/c1-3-8(6-11)12-9-4-5-10(14)13(2)7-9/h8-9,12H,3-5,7H2,1-2H3. The largest absolute Gasteiger partial charge is 0.344 e. The predicted molar refractivity (Wildman–Crippen MR) is 53.5 cm³/mol. The van der Waals surface area contributed by atoms with Crippen LogP contribution in [-0.2, 0) is 4.79 Å². The summed E-state index contributed by atoms with van der Waals surface area (Å²) in [6.07, 6.45) is 2.25. The van der Waals surface area contributed by atoms with Gasteiger partial charge in [-0.05, 0) is 12.8 Å². The van der Waals surface area contributed by atoms with Gasteiger partial charge >= 0.3 is 0 Å². The summed E-state index contributed by atoms with van der Waals surface area (Å²) in [5.41, 5.74) is 0. The minimum atomic E-state index is -0.0818. The van der Waals surface area contributed by atoms with Crippen molar-refractivity contribution in [2.75, 3.05) is 13.6 Å². The van der Waals surface area contributed by atoms with Gasteiger partial charge in [0.15, 0.2) is 0 Å². The van der Waals surface area contributed by atoms with Crippen LogP contribution in [0.15, 0.2) is 0 Å². The minimum Gasteiger partial charge on any atom is -0.344 e. The van der Waals surface area contributed by atoms with Crippen molar-refractivity contribution < 1.29 is 4.79 Å². The number of carbonyl (C=O) groups excluding carboxylic acids is 1. The Bertz CT molecular complexity index is 246.